The predicted molar refractivity (Wildman–Crippen MR) is 108 cm³/mol. The predicted octanol–water partition coefficient (Wildman–Crippen LogP) is 0.772. The van der Waals surface area contributed by atoms with Gasteiger partial charge in [0.25, 0.3) is 0 Å². The monoisotopic (exact) mass is 464 g/mol. The quantitative estimate of drug-likeness (QED) is 0.394. The van der Waals surface area contributed by atoms with Crippen molar-refractivity contribution < 1.29 is 9.32 Å². The normalized spacial score (nSPS) is 15.7. The molecule has 2 rings (SSSR count). The van der Waals surface area contributed by atoms with Gasteiger partial charge in [-0.25, -0.2) is 4.99 Å². The summed E-state index contributed by atoms with van der Waals surface area (Å²) >= 11 is 0. The molecule has 1 N–H and O–H groups in total. The number of halogens is 1. The number of nitrogens with one attached hydrogen (secondary N) is 1. The van der Waals surface area contributed by atoms with E-state index in [4.69, 9.17) is 4.52 Å². The lowest BCUT2D eigenvalue weighted by Crippen LogP contribution is -2.52. The second-order valence-electron chi connectivity index (χ2n) is 6.15. The number of aliphatic imine (C=N–C) groups is 1. The molecule has 1 aliphatic heterocycles. The summed E-state index contributed by atoms with van der Waals surface area (Å²) < 4.78 is 5.12. The summed E-state index contributed by atoms with van der Waals surface area (Å²) in [6.07, 6.45) is 0. The van der Waals surface area contributed by atoms with E-state index in [0.29, 0.717) is 0 Å². The van der Waals surface area contributed by atoms with Gasteiger partial charge in [-0.2, -0.15) is 0 Å². The number of likely N-dealkylation sites (N-methyl/N-ethyl adjacent to an activating group) is 1. The smallest absolute Gasteiger partial charge is 0.243 e. The van der Waals surface area contributed by atoms with Crippen molar-refractivity contribution >= 4 is 35.8 Å². The largest absolute Gasteiger partial charge is 0.361 e. The number of carbonyl (C=O) groups is 1. The molecule has 1 amide bonds. The molecule has 1 aromatic rings. The molecule has 0 aromatic carbocycles. The highest BCUT2D eigenvalue weighted by Gasteiger charge is 2.20. The molecule has 142 valence electrons. The van der Waals surface area contributed by atoms with Crippen LogP contribution in [0.5, 0.6) is 0 Å². The van der Waals surface area contributed by atoms with E-state index >= 15 is 0 Å². The minimum absolute atomic E-state index is 0. The topological polar surface area (TPSA) is 77.2 Å². The molecule has 2 heterocycles. The van der Waals surface area contributed by atoms with E-state index in [-0.39, 0.29) is 36.4 Å². The number of piperazine rings is 1. The van der Waals surface area contributed by atoms with Gasteiger partial charge in [0.15, 0.2) is 5.96 Å². The molecule has 0 bridgehead atoms. The van der Waals surface area contributed by atoms with Crippen molar-refractivity contribution in [2.75, 3.05) is 53.4 Å². The van der Waals surface area contributed by atoms with E-state index in [1.54, 1.807) is 19.0 Å². The third-order valence-electron chi connectivity index (χ3n) is 3.93. The van der Waals surface area contributed by atoms with Crippen LogP contribution in [-0.4, -0.2) is 85.1 Å². The summed E-state index contributed by atoms with van der Waals surface area (Å²) in [5.41, 5.74) is 0.970. The summed E-state index contributed by atoms with van der Waals surface area (Å²) in [6.45, 7) is 9.31. The Hall–Kier alpha value is -1.36. The van der Waals surface area contributed by atoms with Gasteiger partial charge in [0, 0.05) is 59.4 Å². The lowest BCUT2D eigenvalue weighted by molar-refractivity contribution is -0.127. The zero-order chi connectivity index (χ0) is 17.5. The molecular formula is C16H29IN6O2. The van der Waals surface area contributed by atoms with E-state index < -0.39 is 0 Å². The summed E-state index contributed by atoms with van der Waals surface area (Å²) in [4.78, 5) is 22.3. The summed E-state index contributed by atoms with van der Waals surface area (Å²) in [7, 11) is 3.49. The van der Waals surface area contributed by atoms with E-state index in [1.807, 2.05) is 19.9 Å². The molecule has 0 unspecified atom stereocenters. The van der Waals surface area contributed by atoms with Crippen molar-refractivity contribution in [2.24, 2.45) is 4.99 Å². The Balaban J connectivity index is 0.00000312. The Morgan fingerprint density at radius 3 is 2.56 bits per heavy atom. The summed E-state index contributed by atoms with van der Waals surface area (Å²) in [5, 5.41) is 7.32. The third kappa shape index (κ3) is 6.81. The van der Waals surface area contributed by atoms with Gasteiger partial charge >= 0.3 is 0 Å². The molecule has 1 aromatic heterocycles. The zero-order valence-corrected chi connectivity index (χ0v) is 17.8. The highest BCUT2D eigenvalue weighted by Crippen LogP contribution is 2.09. The second kappa shape index (κ2) is 10.6. The minimum Gasteiger partial charge on any atom is -0.361 e. The van der Waals surface area contributed by atoms with Crippen LogP contribution in [0.1, 0.15) is 18.4 Å². The third-order valence-corrected chi connectivity index (χ3v) is 3.93. The minimum atomic E-state index is 0. The number of guanidine groups is 1. The van der Waals surface area contributed by atoms with Crippen molar-refractivity contribution in [3.05, 3.63) is 17.5 Å². The molecule has 0 atom stereocenters. The van der Waals surface area contributed by atoms with Gasteiger partial charge in [-0.05, 0) is 13.8 Å². The summed E-state index contributed by atoms with van der Waals surface area (Å²) in [5.74, 6) is 1.66. The van der Waals surface area contributed by atoms with Crippen molar-refractivity contribution in [1.29, 1.82) is 0 Å². The highest BCUT2D eigenvalue weighted by molar-refractivity contribution is 14.0. The van der Waals surface area contributed by atoms with Crippen molar-refractivity contribution in [1.82, 2.24) is 25.2 Å². The molecule has 1 aliphatic rings. The van der Waals surface area contributed by atoms with Crippen LogP contribution < -0.4 is 5.32 Å². The molecule has 9 heteroatoms. The maximum atomic E-state index is 11.7. The molecule has 0 aliphatic carbocycles. The van der Waals surface area contributed by atoms with Crippen LogP contribution in [0.25, 0.3) is 0 Å². The zero-order valence-electron chi connectivity index (χ0n) is 15.5. The van der Waals surface area contributed by atoms with Gasteiger partial charge in [-0.1, -0.05) is 5.16 Å². The average Bonchev–Trinajstić information content (AvgIpc) is 2.97. The van der Waals surface area contributed by atoms with Crippen LogP contribution in [-0.2, 0) is 11.3 Å². The first-order valence-electron chi connectivity index (χ1n) is 8.37. The highest BCUT2D eigenvalue weighted by atomic mass is 127. The van der Waals surface area contributed by atoms with Gasteiger partial charge < -0.3 is 19.6 Å². The standard InChI is InChI=1S/C16H28N6O2.HI/c1-5-17-16(18-11-15(23)20(3)4)22-8-6-21(7-9-22)12-14-10-13(2)24-19-14;/h10H,5-9,11-12H2,1-4H3,(H,17,18);1H. The Morgan fingerprint density at radius 2 is 2.04 bits per heavy atom. The van der Waals surface area contributed by atoms with E-state index in [0.717, 1.165) is 56.7 Å². The number of nitrogens with zero attached hydrogens (tertiary/aromatic N) is 5. The lowest BCUT2D eigenvalue weighted by atomic mass is 10.3. The maximum Gasteiger partial charge on any atom is 0.243 e. The fourth-order valence-corrected chi connectivity index (χ4v) is 2.55. The number of carbonyl (C=O) groups excluding carboxylic acids is 1. The van der Waals surface area contributed by atoms with Gasteiger partial charge in [-0.3, -0.25) is 9.69 Å². The molecule has 0 saturated carbocycles. The maximum absolute atomic E-state index is 11.7. The van der Waals surface area contributed by atoms with Crippen LogP contribution in [0.2, 0.25) is 0 Å². The summed E-state index contributed by atoms with van der Waals surface area (Å²) in [6, 6.07) is 1.98. The number of hydrogen-bond donors (Lipinski definition) is 1. The first-order chi connectivity index (χ1) is 11.5. The van der Waals surface area contributed by atoms with Gasteiger partial charge in [0.2, 0.25) is 5.91 Å². The van der Waals surface area contributed by atoms with Gasteiger partial charge in [0.05, 0.1) is 5.69 Å². The Morgan fingerprint density at radius 1 is 1.36 bits per heavy atom. The van der Waals surface area contributed by atoms with Crippen LogP contribution >= 0.6 is 24.0 Å². The number of amides is 1. The molecule has 1 fully saturated rings. The fourth-order valence-electron chi connectivity index (χ4n) is 2.55. The second-order valence-corrected chi connectivity index (χ2v) is 6.15. The number of aryl methyl sites for hydroxylation is 1. The lowest BCUT2D eigenvalue weighted by Gasteiger charge is -2.36. The number of hydrogen-bond acceptors (Lipinski definition) is 5. The fraction of sp³-hybridized carbons (Fsp3) is 0.688. The molecule has 1 saturated heterocycles. The molecule has 0 radical (unpaired) electrons. The van der Waals surface area contributed by atoms with Crippen molar-refractivity contribution in [3.63, 3.8) is 0 Å². The van der Waals surface area contributed by atoms with Gasteiger partial charge in [0.1, 0.15) is 12.3 Å². The first kappa shape index (κ1) is 21.7. The molecule has 25 heavy (non-hydrogen) atoms. The van der Waals surface area contributed by atoms with E-state index in [9.17, 15) is 4.79 Å². The van der Waals surface area contributed by atoms with Crippen molar-refractivity contribution in [2.45, 2.75) is 20.4 Å². The van der Waals surface area contributed by atoms with Crippen LogP contribution in [0, 0.1) is 6.92 Å². The van der Waals surface area contributed by atoms with Crippen LogP contribution in [0.3, 0.4) is 0 Å². The Labute approximate surface area is 166 Å². The van der Waals surface area contributed by atoms with Crippen molar-refractivity contribution in [3.8, 4) is 0 Å². The van der Waals surface area contributed by atoms with E-state index in [1.165, 1.54) is 0 Å². The first-order valence-corrected chi connectivity index (χ1v) is 8.37. The Bertz CT molecular complexity index is 567. The molecular weight excluding hydrogens is 435 g/mol. The van der Waals surface area contributed by atoms with Crippen LogP contribution in [0.4, 0.5) is 0 Å². The van der Waals surface area contributed by atoms with Crippen LogP contribution in [0.15, 0.2) is 15.6 Å². The van der Waals surface area contributed by atoms with E-state index in [2.05, 4.69) is 25.3 Å². The number of rotatable bonds is 5. The molecule has 8 nitrogen and oxygen atoms in total. The SMILES string of the molecule is CCNC(=NCC(=O)N(C)C)N1CCN(Cc2cc(C)on2)CC1.I. The molecule has 0 spiro atoms. The average molecular weight is 464 g/mol. The number of aromatic nitrogens is 1. The Kier molecular flexibility index (Phi) is 9.19. The van der Waals surface area contributed by atoms with Gasteiger partial charge in [-0.15, -0.1) is 24.0 Å².